The van der Waals surface area contributed by atoms with Crippen LogP contribution in [0.25, 0.3) is 0 Å². The number of nitrogens with one attached hydrogen (secondary N) is 1. The molecule has 0 saturated carbocycles. The molecule has 0 aromatic heterocycles. The van der Waals surface area contributed by atoms with Crippen LogP contribution in [0.4, 0.5) is 0 Å². The third-order valence-electron chi connectivity index (χ3n) is 3.13. The third-order valence-corrected chi connectivity index (χ3v) is 3.13. The van der Waals surface area contributed by atoms with E-state index in [0.717, 1.165) is 19.3 Å². The molecule has 1 atom stereocenters. The molecule has 1 aliphatic rings. The number of carbonyl (C=O) groups is 2. The normalized spacial score (nSPS) is 21.5. The SMILES string of the molecule is CC(C)(C)NCC(=O)N1CCCCCC1C(=O)O. The van der Waals surface area contributed by atoms with Crippen molar-refractivity contribution in [2.75, 3.05) is 13.1 Å². The van der Waals surface area contributed by atoms with Crippen molar-refractivity contribution in [2.24, 2.45) is 0 Å². The zero-order valence-electron chi connectivity index (χ0n) is 11.5. The first-order valence-corrected chi connectivity index (χ1v) is 6.58. The van der Waals surface area contributed by atoms with Gasteiger partial charge in [-0.2, -0.15) is 0 Å². The fourth-order valence-electron chi connectivity index (χ4n) is 2.11. The van der Waals surface area contributed by atoms with Gasteiger partial charge in [0, 0.05) is 12.1 Å². The van der Waals surface area contributed by atoms with E-state index in [9.17, 15) is 14.7 Å². The summed E-state index contributed by atoms with van der Waals surface area (Å²) >= 11 is 0. The van der Waals surface area contributed by atoms with Gasteiger partial charge in [-0.3, -0.25) is 4.79 Å². The summed E-state index contributed by atoms with van der Waals surface area (Å²) in [5.41, 5.74) is -0.139. The highest BCUT2D eigenvalue weighted by Crippen LogP contribution is 2.17. The van der Waals surface area contributed by atoms with E-state index in [1.54, 1.807) is 0 Å². The second kappa shape index (κ2) is 6.18. The van der Waals surface area contributed by atoms with Crippen molar-refractivity contribution in [3.63, 3.8) is 0 Å². The summed E-state index contributed by atoms with van der Waals surface area (Å²) < 4.78 is 0. The zero-order chi connectivity index (χ0) is 13.8. The van der Waals surface area contributed by atoms with Crippen molar-refractivity contribution in [1.29, 1.82) is 0 Å². The summed E-state index contributed by atoms with van der Waals surface area (Å²) in [6.45, 7) is 6.71. The molecule has 5 nitrogen and oxygen atoms in total. The summed E-state index contributed by atoms with van der Waals surface area (Å²) in [4.78, 5) is 24.8. The Morgan fingerprint density at radius 1 is 1.28 bits per heavy atom. The monoisotopic (exact) mass is 256 g/mol. The molecular weight excluding hydrogens is 232 g/mol. The second-order valence-corrected chi connectivity index (χ2v) is 5.89. The van der Waals surface area contributed by atoms with Gasteiger partial charge in [0.05, 0.1) is 6.54 Å². The molecule has 18 heavy (non-hydrogen) atoms. The number of carbonyl (C=O) groups excluding carboxylic acids is 1. The number of hydrogen-bond acceptors (Lipinski definition) is 3. The number of nitrogens with zero attached hydrogens (tertiary/aromatic N) is 1. The fraction of sp³-hybridized carbons (Fsp3) is 0.846. The Bertz CT molecular complexity index is 310. The van der Waals surface area contributed by atoms with Crippen LogP contribution in [0.2, 0.25) is 0 Å². The average Bonchev–Trinajstić information content (AvgIpc) is 2.49. The fourth-order valence-corrected chi connectivity index (χ4v) is 2.11. The molecule has 1 rings (SSSR count). The highest BCUT2D eigenvalue weighted by Gasteiger charge is 2.30. The Balaban J connectivity index is 2.64. The maximum atomic E-state index is 12.1. The Morgan fingerprint density at radius 3 is 2.50 bits per heavy atom. The molecule has 1 unspecified atom stereocenters. The molecule has 0 radical (unpaired) electrons. The van der Waals surface area contributed by atoms with Crippen molar-refractivity contribution >= 4 is 11.9 Å². The molecule has 0 bridgehead atoms. The first kappa shape index (κ1) is 15.0. The smallest absolute Gasteiger partial charge is 0.326 e. The standard InChI is InChI=1S/C13H24N2O3/c1-13(2,3)14-9-11(16)15-8-6-4-5-7-10(15)12(17)18/h10,14H,4-9H2,1-3H3,(H,17,18). The molecule has 1 aliphatic heterocycles. The van der Waals surface area contributed by atoms with Gasteiger partial charge in [-0.1, -0.05) is 12.8 Å². The number of likely N-dealkylation sites (tertiary alicyclic amines) is 1. The van der Waals surface area contributed by atoms with E-state index in [2.05, 4.69) is 5.32 Å². The lowest BCUT2D eigenvalue weighted by molar-refractivity contribution is -0.150. The average molecular weight is 256 g/mol. The minimum Gasteiger partial charge on any atom is -0.480 e. The molecular formula is C13H24N2O3. The van der Waals surface area contributed by atoms with E-state index in [0.29, 0.717) is 13.0 Å². The lowest BCUT2D eigenvalue weighted by atomic mass is 10.1. The first-order valence-electron chi connectivity index (χ1n) is 6.58. The molecule has 0 spiro atoms. The van der Waals surface area contributed by atoms with E-state index in [1.165, 1.54) is 4.90 Å². The minimum atomic E-state index is -0.888. The lowest BCUT2D eigenvalue weighted by Gasteiger charge is -2.29. The Hall–Kier alpha value is -1.10. The topological polar surface area (TPSA) is 69.6 Å². The van der Waals surface area contributed by atoms with E-state index in [-0.39, 0.29) is 18.0 Å². The predicted molar refractivity (Wildman–Crippen MR) is 69.4 cm³/mol. The van der Waals surface area contributed by atoms with Crippen molar-refractivity contribution in [2.45, 2.75) is 58.0 Å². The van der Waals surface area contributed by atoms with Crippen molar-refractivity contribution in [3.8, 4) is 0 Å². The molecule has 1 fully saturated rings. The summed E-state index contributed by atoms with van der Waals surface area (Å²) in [6.07, 6.45) is 3.34. The third kappa shape index (κ3) is 4.64. The molecule has 2 N–H and O–H groups in total. The van der Waals surface area contributed by atoms with Gasteiger partial charge in [0.2, 0.25) is 5.91 Å². The molecule has 104 valence electrons. The summed E-state index contributed by atoms with van der Waals surface area (Å²) in [6, 6.07) is -0.651. The molecule has 0 aromatic carbocycles. The molecule has 1 amide bonds. The van der Waals surface area contributed by atoms with Crippen LogP contribution in [-0.4, -0.2) is 46.6 Å². The van der Waals surface area contributed by atoms with Crippen molar-refractivity contribution < 1.29 is 14.7 Å². The van der Waals surface area contributed by atoms with Crippen LogP contribution < -0.4 is 5.32 Å². The van der Waals surface area contributed by atoms with Crippen LogP contribution in [0.3, 0.4) is 0 Å². The number of carboxylic acid groups (broad SMARTS) is 1. The lowest BCUT2D eigenvalue weighted by Crippen LogP contribution is -2.50. The highest BCUT2D eigenvalue weighted by atomic mass is 16.4. The Labute approximate surface area is 109 Å². The van der Waals surface area contributed by atoms with Crippen molar-refractivity contribution in [1.82, 2.24) is 10.2 Å². The number of hydrogen-bond donors (Lipinski definition) is 2. The van der Waals surface area contributed by atoms with E-state index in [4.69, 9.17) is 0 Å². The van der Waals surface area contributed by atoms with Gasteiger partial charge in [-0.15, -0.1) is 0 Å². The quantitative estimate of drug-likeness (QED) is 0.797. The van der Waals surface area contributed by atoms with E-state index < -0.39 is 12.0 Å². The summed E-state index contributed by atoms with van der Waals surface area (Å²) in [5.74, 6) is -1.000. The number of aliphatic carboxylic acids is 1. The number of amides is 1. The molecule has 5 heteroatoms. The summed E-state index contributed by atoms with van der Waals surface area (Å²) in [7, 11) is 0. The van der Waals surface area contributed by atoms with Gasteiger partial charge in [0.25, 0.3) is 0 Å². The molecule has 1 saturated heterocycles. The van der Waals surface area contributed by atoms with Crippen LogP contribution >= 0.6 is 0 Å². The maximum Gasteiger partial charge on any atom is 0.326 e. The van der Waals surface area contributed by atoms with Crippen LogP contribution in [0, 0.1) is 0 Å². The molecule has 1 heterocycles. The molecule has 0 aromatic rings. The number of rotatable bonds is 3. The highest BCUT2D eigenvalue weighted by molar-refractivity contribution is 5.84. The van der Waals surface area contributed by atoms with Crippen molar-refractivity contribution in [3.05, 3.63) is 0 Å². The zero-order valence-corrected chi connectivity index (χ0v) is 11.5. The Kier molecular flexibility index (Phi) is 5.14. The predicted octanol–water partition coefficient (Wildman–Crippen LogP) is 1.23. The van der Waals surface area contributed by atoms with E-state index in [1.807, 2.05) is 20.8 Å². The van der Waals surface area contributed by atoms with Gasteiger partial charge in [0.1, 0.15) is 6.04 Å². The van der Waals surface area contributed by atoms with Gasteiger partial charge in [-0.05, 0) is 33.6 Å². The van der Waals surface area contributed by atoms with Gasteiger partial charge in [-0.25, -0.2) is 4.79 Å². The van der Waals surface area contributed by atoms with E-state index >= 15 is 0 Å². The Morgan fingerprint density at radius 2 is 1.94 bits per heavy atom. The van der Waals surface area contributed by atoms with Crippen LogP contribution in [0.1, 0.15) is 46.5 Å². The molecule has 0 aliphatic carbocycles. The first-order chi connectivity index (χ1) is 8.31. The largest absolute Gasteiger partial charge is 0.480 e. The number of carboxylic acids is 1. The minimum absolute atomic E-state index is 0.112. The second-order valence-electron chi connectivity index (χ2n) is 5.89. The van der Waals surface area contributed by atoms with Crippen LogP contribution in [-0.2, 0) is 9.59 Å². The van der Waals surface area contributed by atoms with Crippen LogP contribution in [0.5, 0.6) is 0 Å². The van der Waals surface area contributed by atoms with Gasteiger partial charge >= 0.3 is 5.97 Å². The maximum absolute atomic E-state index is 12.1. The van der Waals surface area contributed by atoms with Gasteiger partial charge < -0.3 is 15.3 Å². The summed E-state index contributed by atoms with van der Waals surface area (Å²) in [5, 5.41) is 12.3. The van der Waals surface area contributed by atoms with Crippen LogP contribution in [0.15, 0.2) is 0 Å². The van der Waals surface area contributed by atoms with Gasteiger partial charge in [0.15, 0.2) is 0 Å².